The van der Waals surface area contributed by atoms with Gasteiger partial charge in [-0.05, 0) is 41.5 Å². The number of carbonyl (C=O) groups is 1. The molecule has 0 fully saturated rings. The normalized spacial score (nSPS) is 12.6. The summed E-state index contributed by atoms with van der Waals surface area (Å²) in [5, 5.41) is 3.21. The molecule has 0 aromatic heterocycles. The van der Waals surface area contributed by atoms with Crippen molar-refractivity contribution < 1.29 is 19.0 Å². The number of methoxy groups -OCH3 is 2. The number of amides is 1. The molecule has 0 aliphatic heterocycles. The first-order valence-corrected chi connectivity index (χ1v) is 7.28. The number of ether oxygens (including phenoxy) is 3. The minimum Gasteiger partial charge on any atom is -0.444 e. The number of hydrogen-bond acceptors (Lipinski definition) is 5. The Morgan fingerprint density at radius 2 is 1.62 bits per heavy atom. The lowest BCUT2D eigenvalue weighted by atomic mass is 10.1. The third kappa shape index (κ3) is 8.90. The van der Waals surface area contributed by atoms with Gasteiger partial charge in [0.2, 0.25) is 0 Å². The van der Waals surface area contributed by atoms with E-state index in [0.29, 0.717) is 19.6 Å². The van der Waals surface area contributed by atoms with Gasteiger partial charge in [0.05, 0.1) is 0 Å². The molecule has 0 spiro atoms. The van der Waals surface area contributed by atoms with Crippen LogP contribution in [0.5, 0.6) is 0 Å². The number of nitrogens with zero attached hydrogens (tertiary/aromatic N) is 1. The van der Waals surface area contributed by atoms with Crippen LogP contribution in [0.2, 0.25) is 0 Å². The number of hydrogen-bond donors (Lipinski definition) is 1. The van der Waals surface area contributed by atoms with Crippen molar-refractivity contribution in [2.45, 2.75) is 59.0 Å². The maximum absolute atomic E-state index is 12.3. The molecule has 0 aliphatic rings. The summed E-state index contributed by atoms with van der Waals surface area (Å²) in [6.45, 7) is 13.3. The van der Waals surface area contributed by atoms with E-state index < -0.39 is 5.60 Å². The summed E-state index contributed by atoms with van der Waals surface area (Å²) in [5.74, 6) is 0. The fourth-order valence-corrected chi connectivity index (χ4v) is 1.69. The highest BCUT2D eigenvalue weighted by Crippen LogP contribution is 2.17. The van der Waals surface area contributed by atoms with Crippen molar-refractivity contribution in [1.29, 1.82) is 0 Å². The van der Waals surface area contributed by atoms with Crippen molar-refractivity contribution in [1.82, 2.24) is 10.2 Å². The Bertz CT molecular complexity index is 304. The maximum atomic E-state index is 12.3. The monoisotopic (exact) mass is 304 g/mol. The molecule has 0 aromatic rings. The first-order chi connectivity index (χ1) is 9.51. The highest BCUT2D eigenvalue weighted by Gasteiger charge is 2.30. The largest absolute Gasteiger partial charge is 0.444 e. The Kier molecular flexibility index (Phi) is 8.21. The fourth-order valence-electron chi connectivity index (χ4n) is 1.69. The summed E-state index contributed by atoms with van der Waals surface area (Å²) in [5.41, 5.74) is -0.795. The summed E-state index contributed by atoms with van der Waals surface area (Å²) in [6.07, 6.45) is -0.582. The van der Waals surface area contributed by atoms with E-state index in [-0.39, 0.29) is 17.9 Å². The first-order valence-electron chi connectivity index (χ1n) is 7.28. The highest BCUT2D eigenvalue weighted by atomic mass is 16.7. The van der Waals surface area contributed by atoms with Gasteiger partial charge in [-0.2, -0.15) is 0 Å². The van der Waals surface area contributed by atoms with Crippen molar-refractivity contribution >= 4 is 6.09 Å². The van der Waals surface area contributed by atoms with Crippen LogP contribution in [0, 0.1) is 0 Å². The van der Waals surface area contributed by atoms with Crippen LogP contribution in [0.3, 0.4) is 0 Å². The summed E-state index contributed by atoms with van der Waals surface area (Å²) < 4.78 is 15.7. The van der Waals surface area contributed by atoms with Gasteiger partial charge in [-0.25, -0.2) is 4.79 Å². The molecular formula is C15H32N2O4. The molecule has 0 saturated heterocycles. The molecule has 0 bridgehead atoms. The average molecular weight is 304 g/mol. The maximum Gasteiger partial charge on any atom is 0.410 e. The van der Waals surface area contributed by atoms with Crippen LogP contribution >= 0.6 is 0 Å². The van der Waals surface area contributed by atoms with Gasteiger partial charge in [0.25, 0.3) is 0 Å². The Balaban J connectivity index is 4.43. The zero-order valence-electron chi connectivity index (χ0n) is 14.8. The van der Waals surface area contributed by atoms with Crippen molar-refractivity contribution in [3.8, 4) is 0 Å². The van der Waals surface area contributed by atoms with Crippen LogP contribution in [-0.4, -0.2) is 62.3 Å². The Hall–Kier alpha value is -0.850. The van der Waals surface area contributed by atoms with Gasteiger partial charge in [-0.1, -0.05) is 0 Å². The SMILES string of the molecule is COC(CNCCN(C(=O)OC(C)(C)C)C(C)(C)C)OC. The van der Waals surface area contributed by atoms with Gasteiger partial charge < -0.3 is 24.4 Å². The Morgan fingerprint density at radius 3 is 2.00 bits per heavy atom. The molecule has 0 unspecified atom stereocenters. The molecule has 0 atom stereocenters. The van der Waals surface area contributed by atoms with Crippen LogP contribution in [-0.2, 0) is 14.2 Å². The molecule has 6 nitrogen and oxygen atoms in total. The fraction of sp³-hybridized carbons (Fsp3) is 0.933. The van der Waals surface area contributed by atoms with Crippen LogP contribution in [0.1, 0.15) is 41.5 Å². The van der Waals surface area contributed by atoms with Gasteiger partial charge in [0.1, 0.15) is 5.60 Å². The van der Waals surface area contributed by atoms with Gasteiger partial charge in [0.15, 0.2) is 6.29 Å². The quantitative estimate of drug-likeness (QED) is 0.577. The molecule has 0 aromatic carbocycles. The predicted octanol–water partition coefficient (Wildman–Crippen LogP) is 2.23. The molecule has 0 radical (unpaired) electrons. The van der Waals surface area contributed by atoms with E-state index in [2.05, 4.69) is 5.32 Å². The smallest absolute Gasteiger partial charge is 0.410 e. The average Bonchev–Trinajstić information content (AvgIpc) is 2.29. The van der Waals surface area contributed by atoms with E-state index in [9.17, 15) is 4.79 Å². The molecule has 1 N–H and O–H groups in total. The third-order valence-corrected chi connectivity index (χ3v) is 2.77. The lowest BCUT2D eigenvalue weighted by molar-refractivity contribution is -0.0988. The van der Waals surface area contributed by atoms with E-state index in [0.717, 1.165) is 0 Å². The zero-order valence-corrected chi connectivity index (χ0v) is 14.8. The summed E-state index contributed by atoms with van der Waals surface area (Å²) in [4.78, 5) is 14.0. The van der Waals surface area contributed by atoms with E-state index >= 15 is 0 Å². The van der Waals surface area contributed by atoms with Crippen molar-refractivity contribution in [3.05, 3.63) is 0 Å². The molecule has 21 heavy (non-hydrogen) atoms. The molecular weight excluding hydrogens is 272 g/mol. The second kappa shape index (κ2) is 8.56. The van der Waals surface area contributed by atoms with E-state index in [4.69, 9.17) is 14.2 Å². The van der Waals surface area contributed by atoms with E-state index in [1.807, 2.05) is 41.5 Å². The van der Waals surface area contributed by atoms with E-state index in [1.165, 1.54) is 0 Å². The third-order valence-electron chi connectivity index (χ3n) is 2.77. The van der Waals surface area contributed by atoms with Crippen molar-refractivity contribution in [3.63, 3.8) is 0 Å². The van der Waals surface area contributed by atoms with Gasteiger partial charge in [0, 0.05) is 39.4 Å². The predicted molar refractivity (Wildman–Crippen MR) is 83.4 cm³/mol. The topological polar surface area (TPSA) is 60.0 Å². The Labute approximate surface area is 129 Å². The number of carbonyl (C=O) groups excluding carboxylic acids is 1. The van der Waals surface area contributed by atoms with E-state index in [1.54, 1.807) is 19.1 Å². The summed E-state index contributed by atoms with van der Waals surface area (Å²) >= 11 is 0. The lowest BCUT2D eigenvalue weighted by Crippen LogP contribution is -2.50. The standard InChI is InChI=1S/C15H32N2O4/c1-14(2,3)17(13(18)21-15(4,5)6)10-9-16-11-12(19-7)20-8/h12,16H,9-11H2,1-8H3. The number of rotatable bonds is 7. The van der Waals surface area contributed by atoms with Crippen LogP contribution < -0.4 is 5.32 Å². The molecule has 0 heterocycles. The van der Waals surface area contributed by atoms with Gasteiger partial charge in [-0.15, -0.1) is 0 Å². The minimum absolute atomic E-state index is 0.283. The number of nitrogens with one attached hydrogen (secondary N) is 1. The van der Waals surface area contributed by atoms with Crippen LogP contribution in [0.15, 0.2) is 0 Å². The second-order valence-corrected chi connectivity index (χ2v) is 6.91. The van der Waals surface area contributed by atoms with Crippen LogP contribution in [0.25, 0.3) is 0 Å². The lowest BCUT2D eigenvalue weighted by Gasteiger charge is -2.37. The molecule has 1 amide bonds. The van der Waals surface area contributed by atoms with Crippen molar-refractivity contribution in [2.75, 3.05) is 33.9 Å². The first kappa shape index (κ1) is 20.1. The van der Waals surface area contributed by atoms with Crippen LogP contribution in [0.4, 0.5) is 4.79 Å². The minimum atomic E-state index is -0.495. The molecule has 0 aliphatic carbocycles. The molecule has 0 saturated carbocycles. The highest BCUT2D eigenvalue weighted by molar-refractivity contribution is 5.69. The Morgan fingerprint density at radius 1 is 1.10 bits per heavy atom. The van der Waals surface area contributed by atoms with Gasteiger partial charge in [-0.3, -0.25) is 0 Å². The zero-order chi connectivity index (χ0) is 16.7. The molecule has 126 valence electrons. The molecule has 6 heteroatoms. The van der Waals surface area contributed by atoms with Gasteiger partial charge >= 0.3 is 6.09 Å². The second-order valence-electron chi connectivity index (χ2n) is 6.91. The molecule has 0 rings (SSSR count). The summed E-state index contributed by atoms with van der Waals surface area (Å²) in [6, 6.07) is 0. The van der Waals surface area contributed by atoms with Crippen molar-refractivity contribution in [2.24, 2.45) is 0 Å². The summed E-state index contributed by atoms with van der Waals surface area (Å²) in [7, 11) is 3.19.